The van der Waals surface area contributed by atoms with E-state index in [1.54, 1.807) is 35.4 Å². The van der Waals surface area contributed by atoms with Gasteiger partial charge in [-0.25, -0.2) is 5.84 Å². The lowest BCUT2D eigenvalue weighted by Crippen LogP contribution is -2.39. The summed E-state index contributed by atoms with van der Waals surface area (Å²) in [7, 11) is 0. The minimum absolute atomic E-state index is 0.565. The van der Waals surface area contributed by atoms with Crippen LogP contribution >= 0.6 is 11.8 Å². The summed E-state index contributed by atoms with van der Waals surface area (Å²) in [6, 6.07) is 7.17. The lowest BCUT2D eigenvalue weighted by Gasteiger charge is -2.04. The van der Waals surface area contributed by atoms with Gasteiger partial charge in [0.25, 0.3) is 0 Å². The van der Waals surface area contributed by atoms with Crippen LogP contribution < -0.4 is 16.6 Å². The van der Waals surface area contributed by atoms with Crippen LogP contribution in [0.15, 0.2) is 29.2 Å². The Kier molecular flexibility index (Phi) is 4.14. The minimum Gasteiger partial charge on any atom is -0.318 e. The van der Waals surface area contributed by atoms with Gasteiger partial charge in [0.05, 0.1) is 0 Å². The molecule has 6 heteroatoms. The van der Waals surface area contributed by atoms with Crippen molar-refractivity contribution >= 4 is 29.3 Å². The third-order valence-electron chi connectivity index (χ3n) is 1.66. The zero-order valence-corrected chi connectivity index (χ0v) is 8.93. The van der Waals surface area contributed by atoms with Crippen molar-refractivity contribution in [3.05, 3.63) is 24.3 Å². The van der Waals surface area contributed by atoms with Crippen molar-refractivity contribution in [1.82, 2.24) is 5.43 Å². The average molecular weight is 225 g/mol. The molecule has 0 spiro atoms. The van der Waals surface area contributed by atoms with Gasteiger partial charge in [-0.3, -0.25) is 15.0 Å². The van der Waals surface area contributed by atoms with Crippen LogP contribution in [0.2, 0.25) is 0 Å². The highest BCUT2D eigenvalue weighted by atomic mass is 32.2. The number of amides is 2. The first-order valence-corrected chi connectivity index (χ1v) is 5.36. The number of carbonyl (C=O) groups is 2. The van der Waals surface area contributed by atoms with Gasteiger partial charge in [0.15, 0.2) is 0 Å². The van der Waals surface area contributed by atoms with E-state index in [0.29, 0.717) is 5.69 Å². The topological polar surface area (TPSA) is 84.2 Å². The van der Waals surface area contributed by atoms with Crippen molar-refractivity contribution in [2.45, 2.75) is 4.90 Å². The van der Waals surface area contributed by atoms with Crippen molar-refractivity contribution in [3.8, 4) is 0 Å². The minimum atomic E-state index is -0.871. The molecule has 0 aliphatic carbocycles. The fourth-order valence-electron chi connectivity index (χ4n) is 0.954. The molecule has 0 aliphatic heterocycles. The van der Waals surface area contributed by atoms with Crippen LogP contribution in [-0.4, -0.2) is 18.1 Å². The Labute approximate surface area is 91.4 Å². The number of carbonyl (C=O) groups excluding carboxylic acids is 2. The van der Waals surface area contributed by atoms with Crippen LogP contribution in [0, 0.1) is 0 Å². The van der Waals surface area contributed by atoms with Crippen LogP contribution in [0.3, 0.4) is 0 Å². The number of thioether (sulfide) groups is 1. The molecule has 0 radical (unpaired) electrons. The second-order valence-corrected chi connectivity index (χ2v) is 3.54. The predicted molar refractivity (Wildman–Crippen MR) is 59.2 cm³/mol. The number of hydrazine groups is 1. The Morgan fingerprint density at radius 1 is 1.33 bits per heavy atom. The van der Waals surface area contributed by atoms with Crippen LogP contribution in [0.4, 0.5) is 5.69 Å². The number of rotatable bonds is 2. The Morgan fingerprint density at radius 2 is 2.07 bits per heavy atom. The van der Waals surface area contributed by atoms with E-state index in [-0.39, 0.29) is 0 Å². The van der Waals surface area contributed by atoms with Gasteiger partial charge in [-0.2, -0.15) is 0 Å². The smallest absolute Gasteiger partial charge is 0.318 e. The SMILES string of the molecule is CSc1cccc(NC(=O)C(=O)NN)c1. The second-order valence-electron chi connectivity index (χ2n) is 2.66. The van der Waals surface area contributed by atoms with Crippen LogP contribution in [0.5, 0.6) is 0 Å². The van der Waals surface area contributed by atoms with E-state index in [1.807, 2.05) is 12.3 Å². The first-order chi connectivity index (χ1) is 7.17. The summed E-state index contributed by atoms with van der Waals surface area (Å²) in [6.07, 6.45) is 1.92. The summed E-state index contributed by atoms with van der Waals surface area (Å²) in [4.78, 5) is 23.0. The third-order valence-corrected chi connectivity index (χ3v) is 2.39. The maximum atomic E-state index is 11.1. The molecule has 80 valence electrons. The molecule has 0 fully saturated rings. The van der Waals surface area contributed by atoms with E-state index in [2.05, 4.69) is 5.32 Å². The van der Waals surface area contributed by atoms with Gasteiger partial charge in [-0.05, 0) is 24.5 Å². The van der Waals surface area contributed by atoms with Crippen molar-refractivity contribution in [2.24, 2.45) is 5.84 Å². The lowest BCUT2D eigenvalue weighted by molar-refractivity contribution is -0.136. The van der Waals surface area contributed by atoms with Gasteiger partial charge in [0.1, 0.15) is 0 Å². The zero-order chi connectivity index (χ0) is 11.3. The number of nitrogens with two attached hydrogens (primary N) is 1. The van der Waals surface area contributed by atoms with E-state index in [9.17, 15) is 9.59 Å². The first-order valence-electron chi connectivity index (χ1n) is 4.13. The molecule has 0 saturated heterocycles. The molecule has 4 N–H and O–H groups in total. The quantitative estimate of drug-likeness (QED) is 0.223. The van der Waals surface area contributed by atoms with E-state index in [1.165, 1.54) is 0 Å². The molecule has 0 saturated carbocycles. The highest BCUT2D eigenvalue weighted by molar-refractivity contribution is 7.98. The van der Waals surface area contributed by atoms with Crippen molar-refractivity contribution in [3.63, 3.8) is 0 Å². The molecule has 1 rings (SSSR count). The maximum absolute atomic E-state index is 11.1. The number of hydrogen-bond acceptors (Lipinski definition) is 4. The Bertz CT molecular complexity index is 381. The monoisotopic (exact) mass is 225 g/mol. The fourth-order valence-corrected chi connectivity index (χ4v) is 1.41. The first kappa shape index (κ1) is 11.5. The molecule has 2 amide bonds. The summed E-state index contributed by atoms with van der Waals surface area (Å²) in [5.41, 5.74) is 2.32. The number of nitrogens with one attached hydrogen (secondary N) is 2. The van der Waals surface area contributed by atoms with E-state index in [4.69, 9.17) is 5.84 Å². The van der Waals surface area contributed by atoms with Crippen LogP contribution in [0.1, 0.15) is 0 Å². The molecule has 1 aromatic rings. The van der Waals surface area contributed by atoms with Crippen molar-refractivity contribution in [2.75, 3.05) is 11.6 Å². The fraction of sp³-hybridized carbons (Fsp3) is 0.111. The number of benzene rings is 1. The highest BCUT2D eigenvalue weighted by Crippen LogP contribution is 2.18. The molecule has 15 heavy (non-hydrogen) atoms. The molecule has 0 atom stereocenters. The van der Waals surface area contributed by atoms with E-state index >= 15 is 0 Å². The third kappa shape index (κ3) is 3.26. The Balaban J connectivity index is 2.72. The highest BCUT2D eigenvalue weighted by Gasteiger charge is 2.11. The second kappa shape index (κ2) is 5.38. The zero-order valence-electron chi connectivity index (χ0n) is 8.11. The van der Waals surface area contributed by atoms with Crippen molar-refractivity contribution < 1.29 is 9.59 Å². The van der Waals surface area contributed by atoms with Gasteiger partial charge in [0.2, 0.25) is 0 Å². The summed E-state index contributed by atoms with van der Waals surface area (Å²) >= 11 is 1.55. The summed E-state index contributed by atoms with van der Waals surface area (Å²) in [5, 5.41) is 2.42. The molecule has 0 heterocycles. The summed E-state index contributed by atoms with van der Waals surface area (Å²) in [6.45, 7) is 0. The van der Waals surface area contributed by atoms with Crippen LogP contribution in [0.25, 0.3) is 0 Å². The molecule has 0 aromatic heterocycles. The standard InChI is InChI=1S/C9H11N3O2S/c1-15-7-4-2-3-6(5-7)11-8(13)9(14)12-10/h2-5H,10H2,1H3,(H,11,13)(H,12,14). The van der Waals surface area contributed by atoms with Crippen molar-refractivity contribution in [1.29, 1.82) is 0 Å². The van der Waals surface area contributed by atoms with E-state index in [0.717, 1.165) is 4.90 Å². The van der Waals surface area contributed by atoms with E-state index < -0.39 is 11.8 Å². The molecule has 0 bridgehead atoms. The molecule has 5 nitrogen and oxygen atoms in total. The molecular weight excluding hydrogens is 214 g/mol. The van der Waals surface area contributed by atoms with Gasteiger partial charge in [0, 0.05) is 10.6 Å². The van der Waals surface area contributed by atoms with Gasteiger partial charge in [-0.1, -0.05) is 6.07 Å². The largest absolute Gasteiger partial charge is 0.323 e. The number of anilines is 1. The molecule has 1 aromatic carbocycles. The normalized spacial score (nSPS) is 9.47. The molecule has 0 aliphatic rings. The van der Waals surface area contributed by atoms with Gasteiger partial charge < -0.3 is 5.32 Å². The van der Waals surface area contributed by atoms with Gasteiger partial charge in [-0.15, -0.1) is 11.8 Å². The lowest BCUT2D eigenvalue weighted by atomic mass is 10.3. The summed E-state index contributed by atoms with van der Waals surface area (Å²) < 4.78 is 0. The summed E-state index contributed by atoms with van der Waals surface area (Å²) in [5.74, 6) is 3.17. The average Bonchev–Trinajstić information content (AvgIpc) is 2.28. The molecular formula is C9H11N3O2S. The number of hydrogen-bond donors (Lipinski definition) is 3. The van der Waals surface area contributed by atoms with Gasteiger partial charge >= 0.3 is 11.8 Å². The van der Waals surface area contributed by atoms with Crippen LogP contribution in [-0.2, 0) is 9.59 Å². The Hall–Kier alpha value is -1.53. The Morgan fingerprint density at radius 3 is 2.67 bits per heavy atom. The maximum Gasteiger partial charge on any atom is 0.323 e. The molecule has 0 unspecified atom stereocenters. The predicted octanol–water partition coefficient (Wildman–Crippen LogP) is 0.337.